The van der Waals surface area contributed by atoms with E-state index in [1.165, 1.54) is 0 Å². The third kappa shape index (κ3) is 1.40. The molecule has 1 heterocycles. The first-order chi connectivity index (χ1) is 6.67. The fourth-order valence-electron chi connectivity index (χ4n) is 1.17. The van der Waals surface area contributed by atoms with Gasteiger partial charge >= 0.3 is 12.4 Å². The van der Waals surface area contributed by atoms with Gasteiger partial charge in [-0.25, -0.2) is 0 Å². The Balaban J connectivity index is 3.35. The molecule has 1 rings (SSSR count). The van der Waals surface area contributed by atoms with Gasteiger partial charge in [-0.1, -0.05) is 0 Å². The van der Waals surface area contributed by atoms with Gasteiger partial charge in [-0.2, -0.15) is 36.7 Å². The van der Waals surface area contributed by atoms with Gasteiger partial charge < -0.3 is 5.43 Å². The van der Waals surface area contributed by atoms with E-state index < -0.39 is 30.0 Å². The molecule has 0 aromatic rings. The average molecular weight is 231 g/mol. The molecule has 0 fully saturated rings. The van der Waals surface area contributed by atoms with Gasteiger partial charge in [0.2, 0.25) is 5.41 Å². The van der Waals surface area contributed by atoms with E-state index in [-0.39, 0.29) is 0 Å². The van der Waals surface area contributed by atoms with Crippen molar-refractivity contribution in [3.05, 3.63) is 0 Å². The largest absolute Gasteiger partial charge is 0.411 e. The lowest BCUT2D eigenvalue weighted by Crippen LogP contribution is -2.56. The Labute approximate surface area is 79.4 Å². The first kappa shape index (κ1) is 11.6. The van der Waals surface area contributed by atoms with E-state index in [1.54, 1.807) is 5.43 Å². The minimum Gasteiger partial charge on any atom is -0.307 e. The number of alkyl halides is 6. The van der Waals surface area contributed by atoms with Crippen molar-refractivity contribution in [1.29, 1.82) is 5.26 Å². The highest BCUT2D eigenvalue weighted by Gasteiger charge is 2.75. The van der Waals surface area contributed by atoms with Crippen LogP contribution in [0.15, 0.2) is 5.10 Å². The molecule has 0 saturated carbocycles. The van der Waals surface area contributed by atoms with Crippen molar-refractivity contribution in [2.45, 2.75) is 12.4 Å². The molecule has 0 atom stereocenters. The summed E-state index contributed by atoms with van der Waals surface area (Å²) < 4.78 is 74.1. The van der Waals surface area contributed by atoms with Crippen LogP contribution in [-0.4, -0.2) is 24.6 Å². The third-order valence-corrected chi connectivity index (χ3v) is 2.01. The van der Waals surface area contributed by atoms with Crippen molar-refractivity contribution in [3.8, 4) is 6.07 Å². The SMILES string of the molecule is N#CC1=NNCC1(C(F)(F)F)C(F)(F)F. The second kappa shape index (κ2) is 3.01. The van der Waals surface area contributed by atoms with Gasteiger partial charge in [-0.15, -0.1) is 0 Å². The quantitative estimate of drug-likeness (QED) is 0.643. The average Bonchev–Trinajstić information content (AvgIpc) is 2.44. The topological polar surface area (TPSA) is 48.2 Å². The lowest BCUT2D eigenvalue weighted by molar-refractivity contribution is -0.306. The Kier molecular flexibility index (Phi) is 2.33. The Morgan fingerprint density at radius 3 is 1.93 bits per heavy atom. The molecule has 0 radical (unpaired) electrons. The fourth-order valence-corrected chi connectivity index (χ4v) is 1.17. The maximum absolute atomic E-state index is 12.4. The zero-order chi connectivity index (χ0) is 11.9. The number of halogens is 6. The molecule has 0 unspecified atom stereocenters. The summed E-state index contributed by atoms with van der Waals surface area (Å²) in [5.74, 6) is 0. The number of nitrogens with one attached hydrogen (secondary N) is 1. The van der Waals surface area contributed by atoms with Gasteiger partial charge in [-0.05, 0) is 0 Å². The van der Waals surface area contributed by atoms with E-state index >= 15 is 0 Å². The van der Waals surface area contributed by atoms with Gasteiger partial charge in [0.1, 0.15) is 6.07 Å². The first-order valence-electron chi connectivity index (χ1n) is 3.51. The van der Waals surface area contributed by atoms with Crippen molar-refractivity contribution in [2.24, 2.45) is 10.5 Å². The molecule has 84 valence electrons. The second-order valence-electron chi connectivity index (χ2n) is 2.81. The van der Waals surface area contributed by atoms with E-state index in [0.29, 0.717) is 0 Å². The summed E-state index contributed by atoms with van der Waals surface area (Å²) in [5, 5.41) is 10.9. The molecule has 15 heavy (non-hydrogen) atoms. The van der Waals surface area contributed by atoms with Crippen molar-refractivity contribution in [3.63, 3.8) is 0 Å². The van der Waals surface area contributed by atoms with Crippen LogP contribution in [0.25, 0.3) is 0 Å². The van der Waals surface area contributed by atoms with E-state index in [9.17, 15) is 26.3 Å². The molecule has 1 N–H and O–H groups in total. The Morgan fingerprint density at radius 2 is 1.67 bits per heavy atom. The normalized spacial score (nSPS) is 20.5. The van der Waals surface area contributed by atoms with Gasteiger partial charge in [0.05, 0.1) is 6.54 Å². The molecule has 9 heteroatoms. The summed E-state index contributed by atoms with van der Waals surface area (Å²) in [4.78, 5) is 0. The van der Waals surface area contributed by atoms with Crippen molar-refractivity contribution in [1.82, 2.24) is 5.43 Å². The summed E-state index contributed by atoms with van der Waals surface area (Å²) >= 11 is 0. The zero-order valence-electron chi connectivity index (χ0n) is 6.87. The smallest absolute Gasteiger partial charge is 0.307 e. The minimum absolute atomic E-state index is 0.815. The van der Waals surface area contributed by atoms with Crippen LogP contribution in [0.2, 0.25) is 0 Å². The highest BCUT2D eigenvalue weighted by atomic mass is 19.4. The van der Waals surface area contributed by atoms with Gasteiger partial charge in [-0.3, -0.25) is 0 Å². The molecule has 0 amide bonds. The van der Waals surface area contributed by atoms with Crippen LogP contribution in [0.5, 0.6) is 0 Å². The van der Waals surface area contributed by atoms with Gasteiger partial charge in [0.25, 0.3) is 0 Å². The highest BCUT2D eigenvalue weighted by molar-refractivity contribution is 6.05. The number of hydrogen-bond acceptors (Lipinski definition) is 3. The molecule has 0 spiro atoms. The number of nitrogens with zero attached hydrogens (tertiary/aromatic N) is 2. The van der Waals surface area contributed by atoms with Crippen LogP contribution in [-0.2, 0) is 0 Å². The van der Waals surface area contributed by atoms with E-state index in [0.717, 1.165) is 6.07 Å². The summed E-state index contributed by atoms with van der Waals surface area (Å²) in [6.07, 6.45) is -11.2. The van der Waals surface area contributed by atoms with E-state index in [4.69, 9.17) is 5.26 Å². The van der Waals surface area contributed by atoms with E-state index in [1.807, 2.05) is 0 Å². The second-order valence-corrected chi connectivity index (χ2v) is 2.81. The molecule has 3 nitrogen and oxygen atoms in total. The van der Waals surface area contributed by atoms with Crippen molar-refractivity contribution >= 4 is 5.71 Å². The van der Waals surface area contributed by atoms with Gasteiger partial charge in [0.15, 0.2) is 5.71 Å². The van der Waals surface area contributed by atoms with E-state index in [2.05, 4.69) is 5.10 Å². The molecule has 0 aromatic heterocycles. The molecule has 0 bridgehead atoms. The van der Waals surface area contributed by atoms with Crippen molar-refractivity contribution in [2.75, 3.05) is 6.54 Å². The van der Waals surface area contributed by atoms with Gasteiger partial charge in [0, 0.05) is 0 Å². The fraction of sp³-hybridized carbons (Fsp3) is 0.667. The molecule has 0 aromatic carbocycles. The highest BCUT2D eigenvalue weighted by Crippen LogP contribution is 2.52. The Hall–Kier alpha value is -1.46. The predicted octanol–water partition coefficient (Wildman–Crippen LogP) is 1.58. The van der Waals surface area contributed by atoms with Crippen LogP contribution < -0.4 is 5.43 Å². The molecule has 1 aliphatic heterocycles. The standard InChI is InChI=1S/C6H3F6N3/c7-5(8,9)4(6(10,11)12)2-14-15-3(4)1-13/h14H,2H2. The van der Waals surface area contributed by atoms with Crippen LogP contribution in [0, 0.1) is 16.7 Å². The summed E-state index contributed by atoms with van der Waals surface area (Å²) in [6, 6.07) is 0.815. The number of hydrazone groups is 1. The Morgan fingerprint density at radius 1 is 1.20 bits per heavy atom. The van der Waals surface area contributed by atoms with Crippen molar-refractivity contribution < 1.29 is 26.3 Å². The molecular formula is C6H3F6N3. The van der Waals surface area contributed by atoms with Crippen LogP contribution in [0.1, 0.15) is 0 Å². The predicted molar refractivity (Wildman–Crippen MR) is 35.6 cm³/mol. The number of hydrogen-bond donors (Lipinski definition) is 1. The maximum atomic E-state index is 12.4. The maximum Gasteiger partial charge on any atom is 0.411 e. The first-order valence-corrected chi connectivity index (χ1v) is 3.51. The lowest BCUT2D eigenvalue weighted by atomic mass is 9.82. The lowest BCUT2D eigenvalue weighted by Gasteiger charge is -2.31. The van der Waals surface area contributed by atoms with Crippen LogP contribution >= 0.6 is 0 Å². The monoisotopic (exact) mass is 231 g/mol. The summed E-state index contributed by atoms with van der Waals surface area (Å²) in [5.41, 5.74) is -4.24. The third-order valence-electron chi connectivity index (χ3n) is 2.01. The summed E-state index contributed by atoms with van der Waals surface area (Å²) in [7, 11) is 0. The number of rotatable bonds is 0. The molecule has 0 saturated heterocycles. The van der Waals surface area contributed by atoms with Crippen LogP contribution in [0.4, 0.5) is 26.3 Å². The summed E-state index contributed by atoms with van der Waals surface area (Å²) in [6.45, 7) is -1.50. The molecular weight excluding hydrogens is 228 g/mol. The van der Waals surface area contributed by atoms with Crippen LogP contribution in [0.3, 0.4) is 0 Å². The molecule has 1 aliphatic rings. The molecule has 0 aliphatic carbocycles. The Bertz CT molecular complexity index is 318. The zero-order valence-corrected chi connectivity index (χ0v) is 6.87. The number of nitriles is 1. The minimum atomic E-state index is -5.61.